The van der Waals surface area contributed by atoms with E-state index in [-0.39, 0.29) is 5.97 Å². The molecule has 3 heterocycles. The number of ether oxygens (including phenoxy) is 1. The highest BCUT2D eigenvalue weighted by Gasteiger charge is 2.33. The molecule has 0 radical (unpaired) electrons. The topological polar surface area (TPSA) is 41.6 Å². The van der Waals surface area contributed by atoms with Crippen molar-refractivity contribution in [2.24, 2.45) is 0 Å². The zero-order valence-electron chi connectivity index (χ0n) is 12.2. The van der Waals surface area contributed by atoms with E-state index in [9.17, 15) is 4.79 Å². The molecule has 21 heavy (non-hydrogen) atoms. The summed E-state index contributed by atoms with van der Waals surface area (Å²) >= 11 is 2.06. The molecule has 112 valence electrons. The molecule has 1 aromatic carbocycles. The lowest BCUT2D eigenvalue weighted by molar-refractivity contribution is 0.0535. The summed E-state index contributed by atoms with van der Waals surface area (Å²) < 4.78 is 5.17. The van der Waals surface area contributed by atoms with Gasteiger partial charge in [-0.1, -0.05) is 6.07 Å². The number of hydrogen-bond acceptors (Lipinski definition) is 5. The molecular weight excluding hydrogens is 284 g/mol. The van der Waals surface area contributed by atoms with E-state index in [4.69, 9.17) is 4.74 Å². The molecule has 1 N–H and O–H groups in total. The number of nitrogens with zero attached hydrogens (tertiary/aromatic N) is 1. The molecule has 2 fully saturated rings. The average Bonchev–Trinajstić information content (AvgIpc) is 2.90. The molecule has 0 amide bonds. The van der Waals surface area contributed by atoms with E-state index in [1.165, 1.54) is 16.9 Å². The Balaban J connectivity index is 1.61. The first-order chi connectivity index (χ1) is 10.2. The molecule has 2 atom stereocenters. The van der Waals surface area contributed by atoms with Crippen LogP contribution in [0.25, 0.3) is 0 Å². The van der Waals surface area contributed by atoms with E-state index in [1.807, 2.05) is 6.07 Å². The van der Waals surface area contributed by atoms with Gasteiger partial charge >= 0.3 is 5.97 Å². The van der Waals surface area contributed by atoms with Crippen molar-refractivity contribution in [3.05, 3.63) is 34.4 Å². The SMILES string of the molecule is Cc1c(C2CN3CCNC[C@H]3CS2)ccc2c1COC2=O. The second kappa shape index (κ2) is 5.30. The molecule has 1 unspecified atom stereocenters. The number of esters is 1. The van der Waals surface area contributed by atoms with Gasteiger partial charge in [-0.15, -0.1) is 0 Å². The number of hydrogen-bond donors (Lipinski definition) is 1. The Labute approximate surface area is 129 Å². The van der Waals surface area contributed by atoms with Crippen molar-refractivity contribution in [3.8, 4) is 0 Å². The fourth-order valence-electron chi connectivity index (χ4n) is 3.61. The van der Waals surface area contributed by atoms with Crippen LogP contribution >= 0.6 is 11.8 Å². The summed E-state index contributed by atoms with van der Waals surface area (Å²) in [5.41, 5.74) is 4.50. The van der Waals surface area contributed by atoms with Gasteiger partial charge in [-0.3, -0.25) is 4.90 Å². The number of piperazine rings is 1. The van der Waals surface area contributed by atoms with Gasteiger partial charge in [0.15, 0.2) is 0 Å². The van der Waals surface area contributed by atoms with Gasteiger partial charge in [0.1, 0.15) is 6.61 Å². The average molecular weight is 304 g/mol. The Hall–Kier alpha value is -1.04. The third kappa shape index (κ3) is 2.28. The lowest BCUT2D eigenvalue weighted by Gasteiger charge is -2.42. The number of fused-ring (bicyclic) bond motifs is 2. The van der Waals surface area contributed by atoms with E-state index in [0.29, 0.717) is 17.9 Å². The van der Waals surface area contributed by atoms with Gasteiger partial charge in [0.25, 0.3) is 0 Å². The molecule has 3 aliphatic heterocycles. The van der Waals surface area contributed by atoms with Crippen LogP contribution in [0.3, 0.4) is 0 Å². The van der Waals surface area contributed by atoms with Crippen LogP contribution < -0.4 is 5.32 Å². The van der Waals surface area contributed by atoms with Crippen LogP contribution in [0.1, 0.15) is 32.3 Å². The first-order valence-electron chi connectivity index (χ1n) is 7.60. The van der Waals surface area contributed by atoms with Crippen LogP contribution in [0.4, 0.5) is 0 Å². The lowest BCUT2D eigenvalue weighted by atomic mass is 9.96. The molecule has 0 aliphatic carbocycles. The van der Waals surface area contributed by atoms with E-state index in [0.717, 1.165) is 37.3 Å². The first-order valence-corrected chi connectivity index (χ1v) is 8.65. The summed E-state index contributed by atoms with van der Waals surface area (Å²) in [5.74, 6) is 1.02. The quantitative estimate of drug-likeness (QED) is 0.800. The molecule has 0 spiro atoms. The third-order valence-electron chi connectivity index (χ3n) is 4.92. The van der Waals surface area contributed by atoms with Gasteiger partial charge < -0.3 is 10.1 Å². The fourth-order valence-corrected chi connectivity index (χ4v) is 5.12. The minimum Gasteiger partial charge on any atom is -0.457 e. The van der Waals surface area contributed by atoms with Crippen molar-refractivity contribution in [3.63, 3.8) is 0 Å². The van der Waals surface area contributed by atoms with Crippen molar-refractivity contribution >= 4 is 17.7 Å². The Kier molecular flexibility index (Phi) is 3.44. The maximum absolute atomic E-state index is 11.7. The van der Waals surface area contributed by atoms with Gasteiger partial charge in [-0.25, -0.2) is 4.79 Å². The van der Waals surface area contributed by atoms with Crippen LogP contribution in [0.5, 0.6) is 0 Å². The van der Waals surface area contributed by atoms with Crippen LogP contribution in [0, 0.1) is 6.92 Å². The summed E-state index contributed by atoms with van der Waals surface area (Å²) in [4.78, 5) is 14.3. The minimum absolute atomic E-state index is 0.168. The predicted octanol–water partition coefficient (Wildman–Crippen LogP) is 1.73. The van der Waals surface area contributed by atoms with Crippen molar-refractivity contribution in [1.82, 2.24) is 10.2 Å². The predicted molar refractivity (Wildman–Crippen MR) is 83.7 cm³/mol. The number of nitrogens with one attached hydrogen (secondary N) is 1. The normalized spacial score (nSPS) is 28.9. The number of carbonyl (C=O) groups is 1. The van der Waals surface area contributed by atoms with Crippen molar-refractivity contribution < 1.29 is 9.53 Å². The Bertz CT molecular complexity index is 590. The number of benzene rings is 1. The van der Waals surface area contributed by atoms with Gasteiger partial charge in [0.05, 0.1) is 5.56 Å². The summed E-state index contributed by atoms with van der Waals surface area (Å²) in [5, 5.41) is 3.99. The van der Waals surface area contributed by atoms with E-state index in [2.05, 4.69) is 35.0 Å². The van der Waals surface area contributed by atoms with Crippen LogP contribution in [-0.2, 0) is 11.3 Å². The van der Waals surface area contributed by atoms with Crippen molar-refractivity contribution in [1.29, 1.82) is 0 Å². The van der Waals surface area contributed by atoms with E-state index >= 15 is 0 Å². The van der Waals surface area contributed by atoms with Crippen molar-refractivity contribution in [2.45, 2.75) is 24.8 Å². The van der Waals surface area contributed by atoms with Crippen molar-refractivity contribution in [2.75, 3.05) is 31.9 Å². The number of rotatable bonds is 1. The Morgan fingerprint density at radius 2 is 2.33 bits per heavy atom. The van der Waals surface area contributed by atoms with Gasteiger partial charge in [0, 0.05) is 48.8 Å². The second-order valence-corrected chi connectivity index (χ2v) is 7.29. The highest BCUT2D eigenvalue weighted by Crippen LogP contribution is 2.39. The molecule has 3 aliphatic rings. The fraction of sp³-hybridized carbons (Fsp3) is 0.562. The lowest BCUT2D eigenvalue weighted by Crippen LogP contribution is -2.55. The number of thioether (sulfide) groups is 1. The smallest absolute Gasteiger partial charge is 0.338 e. The zero-order chi connectivity index (χ0) is 14.4. The number of carbonyl (C=O) groups excluding carboxylic acids is 1. The summed E-state index contributed by atoms with van der Waals surface area (Å²) in [6, 6.07) is 4.78. The van der Waals surface area contributed by atoms with Crippen LogP contribution in [0.2, 0.25) is 0 Å². The molecule has 0 aromatic heterocycles. The molecule has 0 saturated carbocycles. The Morgan fingerprint density at radius 1 is 1.43 bits per heavy atom. The molecule has 5 heteroatoms. The minimum atomic E-state index is -0.168. The molecule has 4 rings (SSSR count). The summed E-state index contributed by atoms with van der Waals surface area (Å²) in [6.45, 7) is 7.06. The molecular formula is C16H20N2O2S. The summed E-state index contributed by atoms with van der Waals surface area (Å²) in [7, 11) is 0. The maximum Gasteiger partial charge on any atom is 0.338 e. The van der Waals surface area contributed by atoms with Gasteiger partial charge in [0.2, 0.25) is 0 Å². The zero-order valence-corrected chi connectivity index (χ0v) is 13.0. The van der Waals surface area contributed by atoms with Gasteiger partial charge in [-0.05, 0) is 24.1 Å². The molecule has 1 aromatic rings. The van der Waals surface area contributed by atoms with E-state index in [1.54, 1.807) is 0 Å². The number of cyclic esters (lactones) is 1. The standard InChI is InChI=1S/C16H20N2O2S/c1-10-12(2-3-13-14(10)8-20-16(13)19)15-7-18-5-4-17-6-11(18)9-21-15/h2-3,11,15,17H,4-9H2,1H3/t11-,15?/m0/s1. The third-order valence-corrected chi connectivity index (χ3v) is 6.30. The monoisotopic (exact) mass is 304 g/mol. The largest absolute Gasteiger partial charge is 0.457 e. The highest BCUT2D eigenvalue weighted by atomic mass is 32.2. The second-order valence-electron chi connectivity index (χ2n) is 6.06. The molecule has 0 bridgehead atoms. The van der Waals surface area contributed by atoms with Gasteiger partial charge in [-0.2, -0.15) is 11.8 Å². The molecule has 4 nitrogen and oxygen atoms in total. The Morgan fingerprint density at radius 3 is 3.24 bits per heavy atom. The van der Waals surface area contributed by atoms with Crippen LogP contribution in [-0.4, -0.2) is 48.8 Å². The maximum atomic E-state index is 11.7. The summed E-state index contributed by atoms with van der Waals surface area (Å²) in [6.07, 6.45) is 0. The molecule has 2 saturated heterocycles. The van der Waals surface area contributed by atoms with E-state index < -0.39 is 0 Å². The first kappa shape index (κ1) is 13.6. The highest BCUT2D eigenvalue weighted by molar-refractivity contribution is 7.99. The van der Waals surface area contributed by atoms with Crippen LogP contribution in [0.15, 0.2) is 12.1 Å².